The van der Waals surface area contributed by atoms with Crippen molar-refractivity contribution in [2.75, 3.05) is 13.6 Å². The highest BCUT2D eigenvalue weighted by Gasteiger charge is 2.30. The van der Waals surface area contributed by atoms with Crippen LogP contribution < -0.4 is 0 Å². The van der Waals surface area contributed by atoms with Crippen molar-refractivity contribution >= 4 is 10.2 Å². The summed E-state index contributed by atoms with van der Waals surface area (Å²) in [5.74, 6) is 0.127. The van der Waals surface area contributed by atoms with Gasteiger partial charge in [0.15, 0.2) is 0 Å². The van der Waals surface area contributed by atoms with E-state index in [2.05, 4.69) is 0 Å². The number of phenolic OH excluding ortho intramolecular Hbond substituents is 1. The van der Waals surface area contributed by atoms with E-state index in [-0.39, 0.29) is 11.8 Å². The molecule has 6 heteroatoms. The first-order valence-corrected chi connectivity index (χ1v) is 9.32. The third-order valence-electron chi connectivity index (χ3n) is 4.14. The van der Waals surface area contributed by atoms with E-state index in [1.807, 2.05) is 50.2 Å². The lowest BCUT2D eigenvalue weighted by molar-refractivity contribution is 0.330. The van der Waals surface area contributed by atoms with Crippen LogP contribution in [0.3, 0.4) is 0 Å². The maximum atomic E-state index is 13.0. The predicted octanol–water partition coefficient (Wildman–Crippen LogP) is 3.15. The monoisotopic (exact) mass is 348 g/mol. The smallest absolute Gasteiger partial charge is 0.282 e. The van der Waals surface area contributed by atoms with Crippen molar-refractivity contribution < 1.29 is 13.5 Å². The summed E-state index contributed by atoms with van der Waals surface area (Å²) in [6, 6.07) is 15.8. The number of benzene rings is 2. The van der Waals surface area contributed by atoms with Gasteiger partial charge in [0.1, 0.15) is 5.75 Å². The fraction of sp³-hybridized carbons (Fsp3) is 0.333. The van der Waals surface area contributed by atoms with Gasteiger partial charge in [-0.1, -0.05) is 49.4 Å². The number of rotatable bonds is 7. The minimum Gasteiger partial charge on any atom is -0.508 e. The number of hydrogen-bond acceptors (Lipinski definition) is 3. The average Bonchev–Trinajstić information content (AvgIpc) is 2.59. The van der Waals surface area contributed by atoms with E-state index in [1.54, 1.807) is 25.2 Å². The second-order valence-electron chi connectivity index (χ2n) is 5.71. The van der Waals surface area contributed by atoms with Gasteiger partial charge in [-0.25, -0.2) is 0 Å². The summed E-state index contributed by atoms with van der Waals surface area (Å²) in [5, 5.41) is 9.62. The Balaban J connectivity index is 2.23. The predicted molar refractivity (Wildman–Crippen MR) is 95.7 cm³/mol. The molecule has 0 aliphatic rings. The Kier molecular flexibility index (Phi) is 5.99. The highest BCUT2D eigenvalue weighted by atomic mass is 32.2. The Morgan fingerprint density at radius 3 is 2.33 bits per heavy atom. The first-order chi connectivity index (χ1) is 11.4. The molecule has 0 fully saturated rings. The first-order valence-electron chi connectivity index (χ1n) is 7.92. The Bertz CT molecular complexity index is 763. The largest absolute Gasteiger partial charge is 0.508 e. The lowest BCUT2D eigenvalue weighted by atomic mass is 10.1. The zero-order chi connectivity index (χ0) is 17.7. The van der Waals surface area contributed by atoms with Crippen molar-refractivity contribution in [1.82, 2.24) is 8.61 Å². The second kappa shape index (κ2) is 7.79. The van der Waals surface area contributed by atoms with Crippen molar-refractivity contribution in [3.8, 4) is 5.75 Å². The van der Waals surface area contributed by atoms with Gasteiger partial charge in [-0.3, -0.25) is 0 Å². The van der Waals surface area contributed by atoms with E-state index in [9.17, 15) is 13.5 Å². The van der Waals surface area contributed by atoms with E-state index in [1.165, 1.54) is 8.61 Å². The fourth-order valence-corrected chi connectivity index (χ4v) is 4.04. The molecule has 0 saturated heterocycles. The van der Waals surface area contributed by atoms with Gasteiger partial charge in [0.2, 0.25) is 0 Å². The van der Waals surface area contributed by atoms with Gasteiger partial charge < -0.3 is 5.11 Å². The molecule has 0 heterocycles. The molecule has 5 nitrogen and oxygen atoms in total. The molecule has 2 rings (SSSR count). The Morgan fingerprint density at radius 1 is 1.08 bits per heavy atom. The standard InChI is InChI=1S/C18H24N2O3S/c1-4-20(14-16-9-6-5-7-10-16)24(22,23)19(3)15(2)17-11-8-12-18(21)13-17/h5-13,15,21H,4,14H2,1-3H3/t15-/m1/s1. The zero-order valence-corrected chi connectivity index (χ0v) is 15.1. The van der Waals surface area contributed by atoms with Gasteiger partial charge in [-0.15, -0.1) is 0 Å². The Morgan fingerprint density at radius 2 is 1.75 bits per heavy atom. The topological polar surface area (TPSA) is 60.9 Å². The van der Waals surface area contributed by atoms with Gasteiger partial charge in [0.05, 0.1) is 0 Å². The van der Waals surface area contributed by atoms with Crippen molar-refractivity contribution in [1.29, 1.82) is 0 Å². The van der Waals surface area contributed by atoms with E-state index >= 15 is 0 Å². The van der Waals surface area contributed by atoms with Crippen LogP contribution in [0.25, 0.3) is 0 Å². The molecule has 0 saturated carbocycles. The minimum absolute atomic E-state index is 0.127. The van der Waals surface area contributed by atoms with Gasteiger partial charge >= 0.3 is 0 Å². The Labute approximate surface area is 144 Å². The van der Waals surface area contributed by atoms with Crippen LogP contribution in [-0.2, 0) is 16.8 Å². The molecule has 0 radical (unpaired) electrons. The quantitative estimate of drug-likeness (QED) is 0.836. The molecule has 1 atom stereocenters. The lowest BCUT2D eigenvalue weighted by Gasteiger charge is -2.30. The molecule has 0 bridgehead atoms. The number of aromatic hydroxyl groups is 1. The molecule has 130 valence electrons. The van der Waals surface area contributed by atoms with E-state index in [0.717, 1.165) is 11.1 Å². The molecular formula is C18H24N2O3S. The third-order valence-corrected chi connectivity index (χ3v) is 6.23. The normalized spacial score (nSPS) is 13.4. The minimum atomic E-state index is -3.62. The lowest BCUT2D eigenvalue weighted by Crippen LogP contribution is -2.42. The molecule has 0 aliphatic heterocycles. The van der Waals surface area contributed by atoms with Crippen LogP contribution in [0, 0.1) is 0 Å². The molecule has 0 amide bonds. The SMILES string of the molecule is CCN(Cc1ccccc1)S(=O)(=O)N(C)[C@H](C)c1cccc(O)c1. The number of nitrogens with zero attached hydrogens (tertiary/aromatic N) is 2. The highest BCUT2D eigenvalue weighted by molar-refractivity contribution is 7.86. The van der Waals surface area contributed by atoms with Crippen LogP contribution in [0.4, 0.5) is 0 Å². The van der Waals surface area contributed by atoms with E-state index in [4.69, 9.17) is 0 Å². The van der Waals surface area contributed by atoms with Crippen LogP contribution in [-0.4, -0.2) is 35.7 Å². The number of hydrogen-bond donors (Lipinski definition) is 1. The molecule has 2 aromatic carbocycles. The van der Waals surface area contributed by atoms with Crippen molar-refractivity contribution in [3.05, 3.63) is 65.7 Å². The molecule has 0 spiro atoms. The van der Waals surface area contributed by atoms with E-state index in [0.29, 0.717) is 13.1 Å². The van der Waals surface area contributed by atoms with Crippen LogP contribution in [0.1, 0.15) is 31.0 Å². The number of phenols is 1. The molecule has 2 aromatic rings. The van der Waals surface area contributed by atoms with E-state index < -0.39 is 10.2 Å². The van der Waals surface area contributed by atoms with Crippen LogP contribution in [0.2, 0.25) is 0 Å². The summed E-state index contributed by atoms with van der Waals surface area (Å²) in [5.41, 5.74) is 1.69. The first kappa shape index (κ1) is 18.4. The van der Waals surface area contributed by atoms with Gasteiger partial charge in [-0.05, 0) is 30.2 Å². The highest BCUT2D eigenvalue weighted by Crippen LogP contribution is 2.26. The van der Waals surface area contributed by atoms with Crippen molar-refractivity contribution in [3.63, 3.8) is 0 Å². The second-order valence-corrected chi connectivity index (χ2v) is 7.69. The molecule has 0 unspecified atom stereocenters. The summed E-state index contributed by atoms with van der Waals surface area (Å²) in [6.07, 6.45) is 0. The van der Waals surface area contributed by atoms with Crippen LogP contribution in [0.15, 0.2) is 54.6 Å². The van der Waals surface area contributed by atoms with Crippen molar-refractivity contribution in [2.45, 2.75) is 26.4 Å². The summed E-state index contributed by atoms with van der Waals surface area (Å²) >= 11 is 0. The molecule has 24 heavy (non-hydrogen) atoms. The van der Waals surface area contributed by atoms with Crippen LogP contribution >= 0.6 is 0 Å². The van der Waals surface area contributed by atoms with Gasteiger partial charge in [0, 0.05) is 26.2 Å². The maximum Gasteiger partial charge on any atom is 0.282 e. The molecule has 0 aliphatic carbocycles. The fourth-order valence-electron chi connectivity index (χ4n) is 2.52. The molecular weight excluding hydrogens is 324 g/mol. The summed E-state index contributed by atoms with van der Waals surface area (Å²) in [4.78, 5) is 0. The summed E-state index contributed by atoms with van der Waals surface area (Å²) in [7, 11) is -2.06. The van der Waals surface area contributed by atoms with Crippen LogP contribution in [0.5, 0.6) is 5.75 Å². The van der Waals surface area contributed by atoms with Gasteiger partial charge in [-0.2, -0.15) is 17.0 Å². The zero-order valence-electron chi connectivity index (χ0n) is 14.3. The summed E-state index contributed by atoms with van der Waals surface area (Å²) in [6.45, 7) is 4.35. The Hall–Kier alpha value is -1.89. The van der Waals surface area contributed by atoms with Gasteiger partial charge in [0.25, 0.3) is 10.2 Å². The summed E-state index contributed by atoms with van der Waals surface area (Å²) < 4.78 is 28.7. The average molecular weight is 348 g/mol. The van der Waals surface area contributed by atoms with Crippen molar-refractivity contribution in [2.24, 2.45) is 0 Å². The molecule has 0 aromatic heterocycles. The maximum absolute atomic E-state index is 13.0. The molecule has 1 N–H and O–H groups in total. The third kappa shape index (κ3) is 4.14.